The fraction of sp³-hybridized carbons (Fsp3) is 0. The predicted octanol–water partition coefficient (Wildman–Crippen LogP) is 9.60. The monoisotopic (exact) mass is 611 g/mol. The molecule has 0 aliphatic carbocycles. The molecule has 1 aromatic heterocycles. The Bertz CT molecular complexity index is 2260. The molecule has 0 amide bonds. The van der Waals surface area contributed by atoms with Gasteiger partial charge in [0.1, 0.15) is 28.3 Å². The van der Waals surface area contributed by atoms with E-state index in [-0.39, 0.29) is 0 Å². The van der Waals surface area contributed by atoms with Crippen molar-refractivity contribution in [2.75, 3.05) is 0 Å². The number of hydrogen-bond donors (Lipinski definition) is 0. The van der Waals surface area contributed by atoms with Crippen LogP contribution in [0, 0.1) is 0 Å². The summed E-state index contributed by atoms with van der Waals surface area (Å²) in [5, 5.41) is 1.98. The van der Waals surface area contributed by atoms with Gasteiger partial charge in [0.05, 0.1) is 10.6 Å². The maximum Gasteiger partial charge on any atom is 0.185 e. The lowest BCUT2D eigenvalue weighted by molar-refractivity contribution is 0.463. The number of hydrogen-bond acceptors (Lipinski definition) is 4. The third kappa shape index (κ3) is 4.15. The Balaban J connectivity index is 1.27. The second kappa shape index (κ2) is 10.4. The lowest BCUT2D eigenvalue weighted by Gasteiger charge is -2.36. The van der Waals surface area contributed by atoms with Gasteiger partial charge in [-0.3, -0.25) is 4.98 Å². The fourth-order valence-electron chi connectivity index (χ4n) is 6.57. The maximum atomic E-state index is 16.2. The van der Waals surface area contributed by atoms with Crippen LogP contribution in [0.4, 0.5) is 0 Å². The summed E-state index contributed by atoms with van der Waals surface area (Å²) >= 11 is 0. The first-order valence-corrected chi connectivity index (χ1v) is 16.9. The third-order valence-corrected chi connectivity index (χ3v) is 12.0. The Kier molecular flexibility index (Phi) is 6.06. The Morgan fingerprint density at radius 1 is 0.435 bits per heavy atom. The third-order valence-electron chi connectivity index (χ3n) is 8.86. The summed E-state index contributed by atoms with van der Waals surface area (Å²) in [5.74, 6) is 2.34. The highest BCUT2D eigenvalue weighted by Crippen LogP contribution is 2.60. The molecule has 5 heteroatoms. The van der Waals surface area contributed by atoms with Crippen LogP contribution in [0.2, 0.25) is 0 Å². The van der Waals surface area contributed by atoms with Crippen molar-refractivity contribution in [3.63, 3.8) is 0 Å². The van der Waals surface area contributed by atoms with Gasteiger partial charge >= 0.3 is 0 Å². The van der Waals surface area contributed by atoms with E-state index >= 15 is 4.57 Å². The summed E-state index contributed by atoms with van der Waals surface area (Å²) in [6.07, 6.45) is 3.59. The first kappa shape index (κ1) is 26.7. The summed E-state index contributed by atoms with van der Waals surface area (Å²) < 4.78 is 29.4. The molecule has 1 atom stereocenters. The molecule has 0 spiro atoms. The molecule has 218 valence electrons. The predicted molar refractivity (Wildman–Crippen MR) is 186 cm³/mol. The minimum atomic E-state index is -3.47. The lowest BCUT2D eigenvalue weighted by Crippen LogP contribution is -2.35. The summed E-state index contributed by atoms with van der Waals surface area (Å²) in [6.45, 7) is 0. The van der Waals surface area contributed by atoms with E-state index in [1.165, 1.54) is 0 Å². The SMILES string of the molecule is O=P12c3cc(-c4ccccc4)ccc3Oc3ccc(-c4ccc(-c5ccncc5)cc4)c(c31)Oc1ccc(-c3ccccc3)cc12. The van der Waals surface area contributed by atoms with Crippen molar-refractivity contribution in [3.05, 3.63) is 158 Å². The van der Waals surface area contributed by atoms with Crippen molar-refractivity contribution in [1.29, 1.82) is 0 Å². The summed E-state index contributed by atoms with van der Waals surface area (Å²) in [7, 11) is -3.47. The standard InChI is InChI=1S/C41H26NO3P/c43-46-38-25-32(27-7-3-1-4-8-27)15-18-35(38)44-37-20-17-34(31-13-11-29(12-14-31)30-21-23-42-24-22-30)40(41(37)46)45-36-19-16-33(26-39(36)46)28-9-5-2-6-10-28/h1-26H. The van der Waals surface area contributed by atoms with Crippen LogP contribution in [-0.4, -0.2) is 4.98 Å². The quantitative estimate of drug-likeness (QED) is 0.186. The van der Waals surface area contributed by atoms with Gasteiger partial charge < -0.3 is 14.0 Å². The number of fused-ring (bicyclic) bond motifs is 4. The molecular formula is C41H26NO3P. The van der Waals surface area contributed by atoms with E-state index in [1.54, 1.807) is 12.4 Å². The van der Waals surface area contributed by atoms with Crippen molar-refractivity contribution in [1.82, 2.24) is 4.98 Å². The molecule has 2 aliphatic rings. The van der Waals surface area contributed by atoms with Crippen molar-refractivity contribution in [2.24, 2.45) is 0 Å². The van der Waals surface area contributed by atoms with Crippen LogP contribution in [0.25, 0.3) is 44.5 Å². The van der Waals surface area contributed by atoms with Crippen LogP contribution in [0.1, 0.15) is 0 Å². The summed E-state index contributed by atoms with van der Waals surface area (Å²) in [6, 6.07) is 48.7. The minimum absolute atomic E-state index is 0.561. The zero-order chi connectivity index (χ0) is 30.7. The molecule has 4 nitrogen and oxygen atoms in total. The highest BCUT2D eigenvalue weighted by atomic mass is 31.2. The molecule has 0 radical (unpaired) electrons. The van der Waals surface area contributed by atoms with Gasteiger partial charge in [0.2, 0.25) is 0 Å². The Labute approximate surface area is 266 Å². The molecule has 46 heavy (non-hydrogen) atoms. The van der Waals surface area contributed by atoms with E-state index in [0.717, 1.165) is 44.5 Å². The Morgan fingerprint density at radius 3 is 1.52 bits per heavy atom. The molecule has 7 aromatic rings. The largest absolute Gasteiger partial charge is 0.456 e. The van der Waals surface area contributed by atoms with Gasteiger partial charge in [0.25, 0.3) is 0 Å². The van der Waals surface area contributed by atoms with Gasteiger partial charge in [-0.05, 0) is 87.5 Å². The molecule has 6 aromatic carbocycles. The smallest absolute Gasteiger partial charge is 0.185 e. The van der Waals surface area contributed by atoms with Crippen LogP contribution in [0.5, 0.6) is 23.0 Å². The second-order valence-corrected chi connectivity index (χ2v) is 14.1. The fourth-order valence-corrected chi connectivity index (χ4v) is 9.70. The molecule has 0 saturated carbocycles. The molecule has 0 bridgehead atoms. The number of ether oxygens (including phenoxy) is 2. The molecule has 3 heterocycles. The average Bonchev–Trinajstić information content (AvgIpc) is 3.13. The topological polar surface area (TPSA) is 48.4 Å². The van der Waals surface area contributed by atoms with Crippen molar-refractivity contribution in [3.8, 4) is 67.5 Å². The zero-order valence-electron chi connectivity index (χ0n) is 24.6. The number of nitrogens with zero attached hydrogens (tertiary/aromatic N) is 1. The van der Waals surface area contributed by atoms with Gasteiger partial charge in [-0.15, -0.1) is 0 Å². The molecule has 9 rings (SSSR count). The van der Waals surface area contributed by atoms with Crippen LogP contribution in [-0.2, 0) is 4.57 Å². The summed E-state index contributed by atoms with van der Waals surface area (Å²) in [4.78, 5) is 4.14. The highest BCUT2D eigenvalue weighted by Gasteiger charge is 2.47. The summed E-state index contributed by atoms with van der Waals surface area (Å²) in [5.41, 5.74) is 8.09. The van der Waals surface area contributed by atoms with E-state index in [9.17, 15) is 0 Å². The van der Waals surface area contributed by atoms with Gasteiger partial charge in [-0.2, -0.15) is 0 Å². The minimum Gasteiger partial charge on any atom is -0.456 e. The van der Waals surface area contributed by atoms with Crippen molar-refractivity contribution in [2.45, 2.75) is 0 Å². The molecule has 0 N–H and O–H groups in total. The van der Waals surface area contributed by atoms with E-state index in [2.05, 4.69) is 53.5 Å². The first-order valence-electron chi connectivity index (χ1n) is 15.2. The highest BCUT2D eigenvalue weighted by molar-refractivity contribution is 7.86. The molecule has 0 fully saturated rings. The molecule has 1 unspecified atom stereocenters. The number of benzene rings is 6. The Morgan fingerprint density at radius 2 is 0.913 bits per heavy atom. The van der Waals surface area contributed by atoms with Crippen molar-refractivity contribution < 1.29 is 14.0 Å². The number of pyridine rings is 1. The normalized spacial score (nSPS) is 15.5. The van der Waals surface area contributed by atoms with Crippen LogP contribution in [0.3, 0.4) is 0 Å². The molecule has 2 aliphatic heterocycles. The van der Waals surface area contributed by atoms with E-state index in [1.807, 2.05) is 97.1 Å². The molecule has 0 saturated heterocycles. The van der Waals surface area contributed by atoms with E-state index in [0.29, 0.717) is 38.9 Å². The number of rotatable bonds is 4. The van der Waals surface area contributed by atoms with Gasteiger partial charge in [-0.25, -0.2) is 0 Å². The number of aromatic nitrogens is 1. The van der Waals surface area contributed by atoms with Crippen molar-refractivity contribution >= 4 is 23.1 Å². The van der Waals surface area contributed by atoms with E-state index in [4.69, 9.17) is 9.47 Å². The second-order valence-electron chi connectivity index (χ2n) is 11.5. The average molecular weight is 612 g/mol. The van der Waals surface area contributed by atoms with Gasteiger partial charge in [-0.1, -0.05) is 97.1 Å². The van der Waals surface area contributed by atoms with Gasteiger partial charge in [0, 0.05) is 18.0 Å². The first-order chi connectivity index (χ1) is 22.7. The zero-order valence-corrected chi connectivity index (χ0v) is 25.5. The molecular weight excluding hydrogens is 585 g/mol. The van der Waals surface area contributed by atoms with Crippen LogP contribution in [0.15, 0.2) is 158 Å². The van der Waals surface area contributed by atoms with Crippen LogP contribution >= 0.6 is 7.14 Å². The van der Waals surface area contributed by atoms with Crippen LogP contribution < -0.4 is 25.4 Å². The maximum absolute atomic E-state index is 16.2. The van der Waals surface area contributed by atoms with E-state index < -0.39 is 7.14 Å². The Hall–Kier alpha value is -5.70. The van der Waals surface area contributed by atoms with Gasteiger partial charge in [0.15, 0.2) is 7.14 Å². The lowest BCUT2D eigenvalue weighted by atomic mass is 10.00.